The average molecular weight is 163 g/mol. The van der Waals surface area contributed by atoms with Crippen LogP contribution in [0.3, 0.4) is 0 Å². The lowest BCUT2D eigenvalue weighted by Gasteiger charge is -2.07. The topological polar surface area (TPSA) is 26.0 Å². The maximum absolute atomic E-state index is 4.85. The van der Waals surface area contributed by atoms with E-state index in [4.69, 9.17) is 5.73 Å². The first-order valence-electron chi connectivity index (χ1n) is 4.19. The van der Waals surface area contributed by atoms with Crippen molar-refractivity contribution in [1.82, 2.24) is 0 Å². The summed E-state index contributed by atoms with van der Waals surface area (Å²) < 4.78 is 0. The summed E-state index contributed by atoms with van der Waals surface area (Å²) in [6, 6.07) is 0. The third kappa shape index (κ3) is 11.2. The summed E-state index contributed by atoms with van der Waals surface area (Å²) in [4.78, 5) is 0. The van der Waals surface area contributed by atoms with Crippen LogP contribution in [0.4, 0.5) is 0 Å². The van der Waals surface area contributed by atoms with Gasteiger partial charge >= 0.3 is 0 Å². The molecule has 0 aliphatic carbocycles. The van der Waals surface area contributed by atoms with Crippen molar-refractivity contribution < 1.29 is 0 Å². The molecule has 0 rings (SSSR count). The summed E-state index contributed by atoms with van der Waals surface area (Å²) in [7, 11) is 0.446. The molecule has 2 heteroatoms. The summed E-state index contributed by atoms with van der Waals surface area (Å²) in [6.45, 7) is 9.52. The summed E-state index contributed by atoms with van der Waals surface area (Å²) in [5, 5.41) is 0. The van der Waals surface area contributed by atoms with Crippen LogP contribution in [0.1, 0.15) is 27.7 Å². The van der Waals surface area contributed by atoms with E-state index in [1.807, 2.05) is 6.92 Å². The summed E-state index contributed by atoms with van der Waals surface area (Å²) >= 11 is 0. The van der Waals surface area contributed by atoms with Crippen molar-refractivity contribution in [2.45, 2.75) is 27.7 Å². The molecule has 0 aliphatic heterocycles. The molecule has 1 nitrogen and oxygen atoms in total. The molecule has 0 aromatic rings. The zero-order chi connectivity index (χ0) is 8.41. The Morgan fingerprint density at radius 1 is 0.900 bits per heavy atom. The van der Waals surface area contributed by atoms with Gasteiger partial charge in [-0.1, -0.05) is 27.7 Å². The van der Waals surface area contributed by atoms with E-state index < -0.39 is 0 Å². The zero-order valence-corrected chi connectivity index (χ0v) is 8.75. The van der Waals surface area contributed by atoms with Crippen LogP contribution in [0.5, 0.6) is 0 Å². The van der Waals surface area contributed by atoms with Gasteiger partial charge in [0.15, 0.2) is 0 Å². The number of rotatable bonds is 3. The highest BCUT2D eigenvalue weighted by molar-refractivity contribution is 7.57. The molecule has 2 N–H and O–H groups in total. The second-order valence-electron chi connectivity index (χ2n) is 2.03. The predicted molar refractivity (Wildman–Crippen MR) is 53.3 cm³/mol. The fraction of sp³-hybridized carbons (Fsp3) is 1.00. The Balaban J connectivity index is 0. The molecular weight excluding hydrogens is 141 g/mol. The Labute approximate surface area is 67.1 Å². The van der Waals surface area contributed by atoms with Crippen molar-refractivity contribution in [2.75, 3.05) is 25.0 Å². The SMILES string of the molecule is CCN.CCP(CC)CC. The van der Waals surface area contributed by atoms with E-state index >= 15 is 0 Å². The lowest BCUT2D eigenvalue weighted by atomic mass is 10.8. The zero-order valence-electron chi connectivity index (χ0n) is 7.85. The minimum Gasteiger partial charge on any atom is -0.331 e. The van der Waals surface area contributed by atoms with E-state index in [9.17, 15) is 0 Å². The van der Waals surface area contributed by atoms with Gasteiger partial charge in [0.1, 0.15) is 0 Å². The Hall–Kier alpha value is 0.390. The van der Waals surface area contributed by atoms with Gasteiger partial charge < -0.3 is 5.73 Å². The van der Waals surface area contributed by atoms with Crippen molar-refractivity contribution in [3.05, 3.63) is 0 Å². The third-order valence-corrected chi connectivity index (χ3v) is 4.02. The lowest BCUT2D eigenvalue weighted by Crippen LogP contribution is -1.87. The molecule has 0 spiro atoms. The fourth-order valence-electron chi connectivity index (χ4n) is 0.671. The van der Waals surface area contributed by atoms with Crippen molar-refractivity contribution in [2.24, 2.45) is 5.73 Å². The van der Waals surface area contributed by atoms with Gasteiger partial charge in [-0.2, -0.15) is 0 Å². The maximum Gasteiger partial charge on any atom is -0.0106 e. The highest BCUT2D eigenvalue weighted by Gasteiger charge is 1.94. The normalized spacial score (nSPS) is 9.00. The fourth-order valence-corrected chi connectivity index (χ4v) is 2.01. The molecule has 0 saturated carbocycles. The van der Waals surface area contributed by atoms with E-state index in [0.29, 0.717) is 7.92 Å². The molecule has 0 radical (unpaired) electrons. The lowest BCUT2D eigenvalue weighted by molar-refractivity contribution is 1.14. The monoisotopic (exact) mass is 163 g/mol. The Kier molecular flexibility index (Phi) is 15.8. The molecule has 0 fully saturated rings. The van der Waals surface area contributed by atoms with Crippen LogP contribution in [0.2, 0.25) is 0 Å². The highest BCUT2D eigenvalue weighted by atomic mass is 31.1. The maximum atomic E-state index is 4.85. The van der Waals surface area contributed by atoms with Crippen molar-refractivity contribution >= 4 is 7.92 Å². The van der Waals surface area contributed by atoms with Gasteiger partial charge in [-0.25, -0.2) is 0 Å². The molecule has 64 valence electrons. The molecule has 0 heterocycles. The van der Waals surface area contributed by atoms with Crippen molar-refractivity contribution in [1.29, 1.82) is 0 Å². The second-order valence-corrected chi connectivity index (χ2v) is 5.27. The predicted octanol–water partition coefficient (Wildman–Crippen LogP) is 2.49. The molecule has 0 saturated heterocycles. The largest absolute Gasteiger partial charge is 0.331 e. The van der Waals surface area contributed by atoms with Gasteiger partial charge in [0.2, 0.25) is 0 Å². The molecule has 0 atom stereocenters. The first-order chi connectivity index (χ1) is 4.76. The standard InChI is InChI=1S/C6H15P.C2H7N/c1-4-7(5-2)6-3;1-2-3/h4-6H2,1-3H3;2-3H2,1H3. The van der Waals surface area contributed by atoms with Crippen LogP contribution in [-0.2, 0) is 0 Å². The van der Waals surface area contributed by atoms with Crippen LogP contribution in [0.15, 0.2) is 0 Å². The minimum absolute atomic E-state index is 0.446. The Morgan fingerprint density at radius 2 is 1.10 bits per heavy atom. The van der Waals surface area contributed by atoms with Gasteiger partial charge in [0.05, 0.1) is 0 Å². The smallest absolute Gasteiger partial charge is 0.0106 e. The number of nitrogens with two attached hydrogens (primary N) is 1. The van der Waals surface area contributed by atoms with Crippen molar-refractivity contribution in [3.8, 4) is 0 Å². The molecule has 0 aromatic carbocycles. The van der Waals surface area contributed by atoms with Crippen molar-refractivity contribution in [3.63, 3.8) is 0 Å². The van der Waals surface area contributed by atoms with E-state index in [2.05, 4.69) is 20.8 Å². The molecular formula is C8H22NP. The van der Waals surface area contributed by atoms with Gasteiger partial charge in [-0.05, 0) is 25.0 Å². The van der Waals surface area contributed by atoms with Crippen LogP contribution >= 0.6 is 7.92 Å². The average Bonchev–Trinajstić information content (AvgIpc) is 1.93. The molecule has 10 heavy (non-hydrogen) atoms. The van der Waals surface area contributed by atoms with Gasteiger partial charge in [0.25, 0.3) is 0 Å². The second kappa shape index (κ2) is 12.1. The minimum atomic E-state index is 0.446. The van der Waals surface area contributed by atoms with E-state index in [1.54, 1.807) is 0 Å². The third-order valence-electron chi connectivity index (χ3n) is 1.34. The van der Waals surface area contributed by atoms with Gasteiger partial charge in [-0.15, -0.1) is 7.92 Å². The Bertz CT molecular complexity index is 39.0. The first-order valence-corrected chi connectivity index (χ1v) is 6.08. The summed E-state index contributed by atoms with van der Waals surface area (Å²) in [5.41, 5.74) is 4.85. The van der Waals surface area contributed by atoms with Gasteiger partial charge in [-0.3, -0.25) is 0 Å². The van der Waals surface area contributed by atoms with E-state index in [0.717, 1.165) is 6.54 Å². The first kappa shape index (κ1) is 13.0. The van der Waals surface area contributed by atoms with Crippen LogP contribution in [0, 0.1) is 0 Å². The number of hydrogen-bond acceptors (Lipinski definition) is 1. The van der Waals surface area contributed by atoms with Crippen LogP contribution in [-0.4, -0.2) is 25.0 Å². The molecule has 0 amide bonds. The number of hydrogen-bond donors (Lipinski definition) is 1. The van der Waals surface area contributed by atoms with Crippen LogP contribution in [0.25, 0.3) is 0 Å². The van der Waals surface area contributed by atoms with E-state index in [-0.39, 0.29) is 0 Å². The van der Waals surface area contributed by atoms with Crippen LogP contribution < -0.4 is 5.73 Å². The molecule has 0 aromatic heterocycles. The molecule has 0 unspecified atom stereocenters. The molecule has 0 aliphatic rings. The van der Waals surface area contributed by atoms with E-state index in [1.165, 1.54) is 18.5 Å². The molecule has 0 bridgehead atoms. The quantitative estimate of drug-likeness (QED) is 0.635. The summed E-state index contributed by atoms with van der Waals surface area (Å²) in [6.07, 6.45) is 4.26. The van der Waals surface area contributed by atoms with Gasteiger partial charge in [0, 0.05) is 0 Å². The highest BCUT2D eigenvalue weighted by Crippen LogP contribution is 2.32. The Morgan fingerprint density at radius 3 is 1.10 bits per heavy atom. The summed E-state index contributed by atoms with van der Waals surface area (Å²) in [5.74, 6) is 0.